The van der Waals surface area contributed by atoms with Crippen molar-refractivity contribution in [1.82, 2.24) is 4.65 Å². The number of fused-ring (bicyclic) bond motifs is 1. The first-order chi connectivity index (χ1) is 17.5. The number of hydrogen-bond acceptors (Lipinski definition) is 5. The number of rotatable bonds is 7. The number of benzene rings is 4. The molecule has 7 nitrogen and oxygen atoms in total. The minimum Gasteiger partial charge on any atom is -0.627 e. The normalized spacial score (nSPS) is 15.1. The van der Waals surface area contributed by atoms with Gasteiger partial charge in [-0.05, 0) is 51.7 Å². The maximum Gasteiger partial charge on any atom is 0.336 e. The maximum absolute atomic E-state index is 13.1. The zero-order chi connectivity index (χ0) is 25.1. The number of ether oxygens (including phenoxy) is 2. The lowest BCUT2D eigenvalue weighted by atomic mass is 9.90. The molecule has 1 aliphatic heterocycles. The van der Waals surface area contributed by atoms with Crippen LogP contribution in [0.2, 0.25) is 0 Å². The largest absolute Gasteiger partial charge is 0.627 e. The van der Waals surface area contributed by atoms with Crippen LogP contribution in [-0.4, -0.2) is 42.5 Å². The van der Waals surface area contributed by atoms with Crippen LogP contribution >= 0.6 is 0 Å². The summed E-state index contributed by atoms with van der Waals surface area (Å²) in [6, 6.07) is 24.1. The highest BCUT2D eigenvalue weighted by atomic mass is 16.6. The van der Waals surface area contributed by atoms with Crippen molar-refractivity contribution >= 4 is 22.4 Å². The van der Waals surface area contributed by atoms with Gasteiger partial charge >= 0.3 is 5.97 Å². The third kappa shape index (κ3) is 4.69. The molecule has 0 aromatic heterocycles. The SMILES string of the molecule is O=C(O)c1cc2cc(OCc3cccc([N+]4([O-])CCOCC4)c3)ccc2c(-c2ccccc2)c1CO. The van der Waals surface area contributed by atoms with E-state index < -0.39 is 10.6 Å². The Labute approximate surface area is 208 Å². The van der Waals surface area contributed by atoms with E-state index in [1.165, 1.54) is 0 Å². The van der Waals surface area contributed by atoms with Gasteiger partial charge in [0.15, 0.2) is 0 Å². The molecule has 36 heavy (non-hydrogen) atoms. The molecule has 0 amide bonds. The lowest BCUT2D eigenvalue weighted by molar-refractivity contribution is 0.0614. The third-order valence-corrected chi connectivity index (χ3v) is 6.65. The highest BCUT2D eigenvalue weighted by Gasteiger charge is 2.24. The minimum absolute atomic E-state index is 0.0590. The van der Waals surface area contributed by atoms with E-state index in [9.17, 15) is 20.2 Å². The number of hydroxylamine groups is 2. The Kier molecular flexibility index (Phi) is 6.71. The zero-order valence-corrected chi connectivity index (χ0v) is 19.7. The molecule has 1 heterocycles. The third-order valence-electron chi connectivity index (χ3n) is 6.65. The molecule has 0 unspecified atom stereocenters. The van der Waals surface area contributed by atoms with Gasteiger partial charge in [0.2, 0.25) is 0 Å². The number of carbonyl (C=O) groups is 1. The van der Waals surface area contributed by atoms with Crippen molar-refractivity contribution in [3.05, 3.63) is 101 Å². The number of morpholine rings is 1. The van der Waals surface area contributed by atoms with Crippen LogP contribution < -0.4 is 9.38 Å². The summed E-state index contributed by atoms with van der Waals surface area (Å²) >= 11 is 0. The fourth-order valence-electron chi connectivity index (χ4n) is 4.77. The van der Waals surface area contributed by atoms with E-state index in [4.69, 9.17) is 9.47 Å². The molecule has 1 saturated heterocycles. The lowest BCUT2D eigenvalue weighted by Crippen LogP contribution is -2.51. The first-order valence-corrected chi connectivity index (χ1v) is 11.9. The number of aromatic carboxylic acids is 1. The van der Waals surface area contributed by atoms with Gasteiger partial charge in [-0.2, -0.15) is 0 Å². The summed E-state index contributed by atoms with van der Waals surface area (Å²) in [5.74, 6) is -0.517. The van der Waals surface area contributed by atoms with Gasteiger partial charge in [0.25, 0.3) is 0 Å². The van der Waals surface area contributed by atoms with Crippen molar-refractivity contribution in [1.29, 1.82) is 0 Å². The highest BCUT2D eigenvalue weighted by molar-refractivity contribution is 6.05. The van der Waals surface area contributed by atoms with Gasteiger partial charge in [-0.15, -0.1) is 0 Å². The molecule has 0 bridgehead atoms. The predicted octanol–water partition coefficient (Wildman–Crippen LogP) is 5.11. The van der Waals surface area contributed by atoms with Crippen molar-refractivity contribution < 1.29 is 24.5 Å². The van der Waals surface area contributed by atoms with Gasteiger partial charge in [0.1, 0.15) is 31.1 Å². The number of hydrogen-bond donors (Lipinski definition) is 2. The molecule has 7 heteroatoms. The van der Waals surface area contributed by atoms with Crippen molar-refractivity contribution in [3.8, 4) is 16.9 Å². The first-order valence-electron chi connectivity index (χ1n) is 11.9. The quantitative estimate of drug-likeness (QED) is 0.279. The molecule has 0 saturated carbocycles. The van der Waals surface area contributed by atoms with Crippen LogP contribution in [0, 0.1) is 5.21 Å². The van der Waals surface area contributed by atoms with Crippen molar-refractivity contribution in [2.45, 2.75) is 13.2 Å². The smallest absolute Gasteiger partial charge is 0.336 e. The van der Waals surface area contributed by atoms with E-state index >= 15 is 0 Å². The first kappa shape index (κ1) is 24.0. The summed E-state index contributed by atoms with van der Waals surface area (Å²) in [4.78, 5) is 12.0. The van der Waals surface area contributed by atoms with E-state index in [0.29, 0.717) is 54.3 Å². The Morgan fingerprint density at radius 3 is 2.47 bits per heavy atom. The van der Waals surface area contributed by atoms with Crippen LogP contribution in [0.1, 0.15) is 21.5 Å². The van der Waals surface area contributed by atoms with E-state index in [1.54, 1.807) is 6.07 Å². The lowest BCUT2D eigenvalue weighted by Gasteiger charge is -2.44. The summed E-state index contributed by atoms with van der Waals surface area (Å²) in [6.45, 7) is 1.55. The number of nitrogens with zero attached hydrogens (tertiary/aromatic N) is 1. The molecule has 0 spiro atoms. The van der Waals surface area contributed by atoms with Crippen molar-refractivity contribution in [2.75, 3.05) is 26.3 Å². The summed E-state index contributed by atoms with van der Waals surface area (Å²) < 4.78 is 11.0. The van der Waals surface area contributed by atoms with E-state index in [2.05, 4.69) is 0 Å². The fraction of sp³-hybridized carbons (Fsp3) is 0.207. The second kappa shape index (κ2) is 10.1. The van der Waals surface area contributed by atoms with Crippen molar-refractivity contribution in [2.24, 2.45) is 0 Å². The topological polar surface area (TPSA) is 99.1 Å². The van der Waals surface area contributed by atoms with Gasteiger partial charge in [-0.1, -0.05) is 48.5 Å². The number of aliphatic hydroxyl groups excluding tert-OH is 1. The zero-order valence-electron chi connectivity index (χ0n) is 19.7. The number of carboxylic acids is 1. The Bertz CT molecular complexity index is 1400. The minimum atomic E-state index is -1.10. The molecule has 4 aromatic rings. The predicted molar refractivity (Wildman–Crippen MR) is 139 cm³/mol. The average molecular weight is 486 g/mol. The molecule has 1 fully saturated rings. The molecule has 4 aromatic carbocycles. The van der Waals surface area contributed by atoms with Crippen LogP contribution in [0.25, 0.3) is 21.9 Å². The Balaban J connectivity index is 1.47. The van der Waals surface area contributed by atoms with Gasteiger partial charge < -0.3 is 29.5 Å². The average Bonchev–Trinajstić information content (AvgIpc) is 2.91. The Hall–Kier alpha value is -3.75. The van der Waals surface area contributed by atoms with Crippen LogP contribution in [0.4, 0.5) is 5.69 Å². The molecular formula is C29H27NO6. The van der Waals surface area contributed by atoms with E-state index in [1.807, 2.05) is 72.8 Å². The second-order valence-corrected chi connectivity index (χ2v) is 8.90. The van der Waals surface area contributed by atoms with E-state index in [-0.39, 0.29) is 18.8 Å². The molecule has 2 N–H and O–H groups in total. The monoisotopic (exact) mass is 485 g/mol. The molecule has 1 aliphatic rings. The summed E-state index contributed by atoms with van der Waals surface area (Å²) in [5.41, 5.74) is 3.53. The van der Waals surface area contributed by atoms with Gasteiger partial charge in [0, 0.05) is 11.6 Å². The number of aliphatic hydroxyl groups is 1. The van der Waals surface area contributed by atoms with E-state index in [0.717, 1.165) is 16.5 Å². The van der Waals surface area contributed by atoms with Gasteiger partial charge in [-0.3, -0.25) is 0 Å². The standard InChI is InChI=1S/C29H27NO6/c31-18-27-26(29(32)33)17-22-16-24(9-10-25(22)28(27)21-6-2-1-3-7-21)36-19-20-5-4-8-23(15-20)30(34)11-13-35-14-12-30/h1-10,15-17,31H,11-14,18-19H2,(H,32,33). The molecular weight excluding hydrogens is 458 g/mol. The molecule has 5 rings (SSSR count). The summed E-state index contributed by atoms with van der Waals surface area (Å²) in [7, 11) is 0. The fourth-order valence-corrected chi connectivity index (χ4v) is 4.77. The Morgan fingerprint density at radius 2 is 1.75 bits per heavy atom. The molecule has 184 valence electrons. The number of quaternary nitrogens is 1. The summed E-state index contributed by atoms with van der Waals surface area (Å²) in [6.07, 6.45) is 0. The molecule has 0 radical (unpaired) electrons. The Morgan fingerprint density at radius 1 is 0.972 bits per heavy atom. The maximum atomic E-state index is 13.1. The highest BCUT2D eigenvalue weighted by Crippen LogP contribution is 2.36. The van der Waals surface area contributed by atoms with Crippen LogP contribution in [0.15, 0.2) is 78.9 Å². The van der Waals surface area contributed by atoms with Crippen LogP contribution in [-0.2, 0) is 18.0 Å². The molecule has 0 atom stereocenters. The van der Waals surface area contributed by atoms with Gasteiger partial charge in [-0.25, -0.2) is 4.79 Å². The van der Waals surface area contributed by atoms with Crippen molar-refractivity contribution in [3.63, 3.8) is 0 Å². The van der Waals surface area contributed by atoms with Crippen LogP contribution in [0.3, 0.4) is 0 Å². The summed E-state index contributed by atoms with van der Waals surface area (Å²) in [5, 5.41) is 34.5. The number of carboxylic acid groups (broad SMARTS) is 1. The van der Waals surface area contributed by atoms with Gasteiger partial charge in [0.05, 0.1) is 25.4 Å². The van der Waals surface area contributed by atoms with Crippen LogP contribution in [0.5, 0.6) is 5.75 Å². The molecule has 0 aliphatic carbocycles. The second-order valence-electron chi connectivity index (χ2n) is 8.90.